The number of rotatable bonds is 5. The zero-order valence-electron chi connectivity index (χ0n) is 12.9. The van der Waals surface area contributed by atoms with Crippen molar-refractivity contribution in [1.29, 1.82) is 0 Å². The van der Waals surface area contributed by atoms with Crippen LogP contribution >= 0.6 is 0 Å². The van der Waals surface area contributed by atoms with E-state index >= 15 is 0 Å². The summed E-state index contributed by atoms with van der Waals surface area (Å²) in [5.74, 6) is -1.93. The average Bonchev–Trinajstić information content (AvgIpc) is 2.51. The summed E-state index contributed by atoms with van der Waals surface area (Å²) in [7, 11) is 1.42. The minimum atomic E-state index is -1.13. The molecule has 1 atom stereocenters. The Morgan fingerprint density at radius 3 is 2.43 bits per heavy atom. The second-order valence-corrected chi connectivity index (χ2v) is 5.10. The second kappa shape index (κ2) is 7.06. The van der Waals surface area contributed by atoms with Crippen molar-refractivity contribution in [3.63, 3.8) is 0 Å². The van der Waals surface area contributed by atoms with Crippen LogP contribution in [-0.2, 0) is 19.1 Å². The van der Waals surface area contributed by atoms with Crippen LogP contribution in [0.15, 0.2) is 36.5 Å². The third-order valence-corrected chi connectivity index (χ3v) is 3.49. The van der Waals surface area contributed by atoms with Gasteiger partial charge in [-0.2, -0.15) is 0 Å². The van der Waals surface area contributed by atoms with Gasteiger partial charge in [-0.25, -0.2) is 0 Å². The molecule has 0 spiro atoms. The predicted molar refractivity (Wildman–Crippen MR) is 82.0 cm³/mol. The maximum Gasteiger partial charge on any atom is 0.323 e. The number of nitrogens with zero attached hydrogens (tertiary/aromatic N) is 2. The standard InChI is InChI=1S/C16H18N2O5/c1-11(19)17-8-13(12-6-4-3-5-7-12)18(9-15(20)21)16(22)14(17)10-23-2/h3-8,14H,9-10H2,1-2H3,(H,20,21)/t14-/m0/s1. The number of carboxylic acids is 1. The molecule has 1 N–H and O–H groups in total. The van der Waals surface area contributed by atoms with E-state index in [9.17, 15) is 14.4 Å². The first-order chi connectivity index (χ1) is 11.0. The molecule has 0 radical (unpaired) electrons. The minimum Gasteiger partial charge on any atom is -0.480 e. The van der Waals surface area contributed by atoms with Crippen molar-refractivity contribution >= 4 is 23.5 Å². The van der Waals surface area contributed by atoms with E-state index in [-0.39, 0.29) is 12.5 Å². The Kier molecular flexibility index (Phi) is 5.13. The zero-order valence-corrected chi connectivity index (χ0v) is 12.9. The molecule has 0 saturated carbocycles. The van der Waals surface area contributed by atoms with Gasteiger partial charge in [0.15, 0.2) is 0 Å². The van der Waals surface area contributed by atoms with Crippen LogP contribution in [0.4, 0.5) is 0 Å². The Hall–Kier alpha value is -2.67. The lowest BCUT2D eigenvalue weighted by atomic mass is 10.1. The molecular formula is C16H18N2O5. The van der Waals surface area contributed by atoms with Gasteiger partial charge in [0.2, 0.25) is 5.91 Å². The molecule has 122 valence electrons. The van der Waals surface area contributed by atoms with E-state index in [1.54, 1.807) is 24.3 Å². The van der Waals surface area contributed by atoms with Gasteiger partial charge >= 0.3 is 5.97 Å². The number of ether oxygens (including phenoxy) is 1. The Balaban J connectivity index is 2.53. The molecule has 1 heterocycles. The molecule has 0 aromatic heterocycles. The highest BCUT2D eigenvalue weighted by Crippen LogP contribution is 2.27. The maximum absolute atomic E-state index is 12.7. The first-order valence-corrected chi connectivity index (χ1v) is 7.04. The second-order valence-electron chi connectivity index (χ2n) is 5.10. The van der Waals surface area contributed by atoms with Crippen molar-refractivity contribution in [2.45, 2.75) is 13.0 Å². The molecule has 1 aliphatic heterocycles. The highest BCUT2D eigenvalue weighted by molar-refractivity contribution is 5.98. The molecule has 1 aromatic rings. The molecule has 1 aliphatic rings. The molecule has 0 unspecified atom stereocenters. The number of hydrogen-bond donors (Lipinski definition) is 1. The molecule has 0 aliphatic carbocycles. The van der Waals surface area contributed by atoms with Crippen molar-refractivity contribution in [3.8, 4) is 0 Å². The molecule has 23 heavy (non-hydrogen) atoms. The van der Waals surface area contributed by atoms with E-state index < -0.39 is 24.5 Å². The fourth-order valence-electron chi connectivity index (χ4n) is 2.47. The van der Waals surface area contributed by atoms with E-state index in [1.165, 1.54) is 30.0 Å². The van der Waals surface area contributed by atoms with Gasteiger partial charge < -0.3 is 14.7 Å². The van der Waals surface area contributed by atoms with Gasteiger partial charge in [-0.1, -0.05) is 30.3 Å². The number of benzene rings is 1. The lowest BCUT2D eigenvalue weighted by Crippen LogP contribution is -2.54. The molecule has 2 rings (SSSR count). The number of aliphatic carboxylic acids is 1. The van der Waals surface area contributed by atoms with Gasteiger partial charge in [0.1, 0.15) is 12.6 Å². The Bertz CT molecular complexity index is 641. The third-order valence-electron chi connectivity index (χ3n) is 3.49. The monoisotopic (exact) mass is 318 g/mol. The fourth-order valence-corrected chi connectivity index (χ4v) is 2.47. The number of hydrogen-bond acceptors (Lipinski definition) is 4. The smallest absolute Gasteiger partial charge is 0.323 e. The lowest BCUT2D eigenvalue weighted by molar-refractivity contribution is -0.148. The Morgan fingerprint density at radius 1 is 1.26 bits per heavy atom. The summed E-state index contributed by atoms with van der Waals surface area (Å²) < 4.78 is 5.01. The summed E-state index contributed by atoms with van der Waals surface area (Å²) in [5, 5.41) is 9.11. The van der Waals surface area contributed by atoms with Crippen LogP contribution in [0, 0.1) is 0 Å². The van der Waals surface area contributed by atoms with E-state index in [1.807, 2.05) is 6.07 Å². The lowest BCUT2D eigenvalue weighted by Gasteiger charge is -2.38. The number of carbonyl (C=O) groups is 3. The quantitative estimate of drug-likeness (QED) is 0.867. The van der Waals surface area contributed by atoms with Crippen molar-refractivity contribution in [2.24, 2.45) is 0 Å². The SMILES string of the molecule is COC[C@H]1C(=O)N(CC(=O)O)C(c2ccccc2)=CN1C(C)=O. The number of carbonyl (C=O) groups excluding carboxylic acids is 2. The summed E-state index contributed by atoms with van der Waals surface area (Å²) in [6.45, 7) is 0.862. The van der Waals surface area contributed by atoms with Gasteiger partial charge in [0, 0.05) is 20.2 Å². The topological polar surface area (TPSA) is 87.2 Å². The predicted octanol–water partition coefficient (Wildman–Crippen LogP) is 0.775. The summed E-state index contributed by atoms with van der Waals surface area (Å²) >= 11 is 0. The maximum atomic E-state index is 12.7. The van der Waals surface area contributed by atoms with Gasteiger partial charge in [-0.05, 0) is 5.56 Å². The van der Waals surface area contributed by atoms with Crippen LogP contribution in [0.25, 0.3) is 5.70 Å². The summed E-state index contributed by atoms with van der Waals surface area (Å²) in [6, 6.07) is 8.00. The van der Waals surface area contributed by atoms with Crippen LogP contribution < -0.4 is 0 Å². The van der Waals surface area contributed by atoms with Gasteiger partial charge in [-0.15, -0.1) is 0 Å². The van der Waals surface area contributed by atoms with Crippen LogP contribution in [0.1, 0.15) is 12.5 Å². The summed E-state index contributed by atoms with van der Waals surface area (Å²) in [5.41, 5.74) is 1.03. The molecule has 1 aromatic carbocycles. The summed E-state index contributed by atoms with van der Waals surface area (Å²) in [6.07, 6.45) is 1.51. The normalized spacial score (nSPS) is 17.9. The van der Waals surface area contributed by atoms with Crippen molar-refractivity contribution in [3.05, 3.63) is 42.1 Å². The molecular weight excluding hydrogens is 300 g/mol. The van der Waals surface area contributed by atoms with E-state index in [4.69, 9.17) is 9.84 Å². The molecule has 2 amide bonds. The molecule has 7 nitrogen and oxygen atoms in total. The van der Waals surface area contributed by atoms with Gasteiger partial charge in [0.05, 0.1) is 12.3 Å². The van der Waals surface area contributed by atoms with Crippen LogP contribution in [0.5, 0.6) is 0 Å². The number of methoxy groups -OCH3 is 1. The Labute approximate surface area is 133 Å². The van der Waals surface area contributed by atoms with Crippen molar-refractivity contribution in [1.82, 2.24) is 9.80 Å². The Morgan fingerprint density at radius 2 is 1.91 bits per heavy atom. The van der Waals surface area contributed by atoms with Gasteiger partial charge in [-0.3, -0.25) is 19.3 Å². The zero-order chi connectivity index (χ0) is 17.0. The fraction of sp³-hybridized carbons (Fsp3) is 0.312. The number of carboxylic acid groups (broad SMARTS) is 1. The highest BCUT2D eigenvalue weighted by Gasteiger charge is 2.38. The van der Waals surface area contributed by atoms with Crippen LogP contribution in [0.2, 0.25) is 0 Å². The molecule has 0 fully saturated rings. The molecule has 0 saturated heterocycles. The summed E-state index contributed by atoms with van der Waals surface area (Å²) in [4.78, 5) is 38.2. The number of amides is 2. The van der Waals surface area contributed by atoms with E-state index in [0.29, 0.717) is 11.3 Å². The third kappa shape index (κ3) is 3.57. The average molecular weight is 318 g/mol. The molecule has 0 bridgehead atoms. The minimum absolute atomic E-state index is 0.00684. The largest absolute Gasteiger partial charge is 0.480 e. The highest BCUT2D eigenvalue weighted by atomic mass is 16.5. The molecule has 7 heteroatoms. The van der Waals surface area contributed by atoms with Crippen molar-refractivity contribution < 1.29 is 24.2 Å². The van der Waals surface area contributed by atoms with Crippen LogP contribution in [0.3, 0.4) is 0 Å². The van der Waals surface area contributed by atoms with E-state index in [2.05, 4.69) is 0 Å². The van der Waals surface area contributed by atoms with E-state index in [0.717, 1.165) is 0 Å². The van der Waals surface area contributed by atoms with Crippen molar-refractivity contribution in [2.75, 3.05) is 20.3 Å². The first-order valence-electron chi connectivity index (χ1n) is 7.04. The van der Waals surface area contributed by atoms with Crippen LogP contribution in [-0.4, -0.2) is 59.0 Å². The van der Waals surface area contributed by atoms with Gasteiger partial charge in [0.25, 0.3) is 5.91 Å². The first kappa shape index (κ1) is 16.7.